The van der Waals surface area contributed by atoms with Crippen molar-refractivity contribution >= 4 is 5.69 Å². The molecule has 1 N–H and O–H groups in total. The zero-order chi connectivity index (χ0) is 12.1. The predicted molar refractivity (Wildman–Crippen MR) is 67.4 cm³/mol. The first-order valence-corrected chi connectivity index (χ1v) is 5.85. The Morgan fingerprint density at radius 2 is 2.06 bits per heavy atom. The molecule has 1 aromatic rings. The van der Waals surface area contributed by atoms with Gasteiger partial charge in [0.25, 0.3) is 0 Å². The summed E-state index contributed by atoms with van der Waals surface area (Å²) in [6.45, 7) is 5.47. The quantitative estimate of drug-likeness (QED) is 0.805. The number of nitroso groups, excluding NO2 is 1. The first kappa shape index (κ1) is 11.9. The number of hydrogen-bond donors (Lipinski definition) is 1. The highest BCUT2D eigenvalue weighted by atomic mass is 16.5. The van der Waals surface area contributed by atoms with E-state index in [1.807, 2.05) is 24.3 Å². The van der Waals surface area contributed by atoms with Gasteiger partial charge in [0.1, 0.15) is 5.75 Å². The second-order valence-corrected chi connectivity index (χ2v) is 4.03. The minimum atomic E-state index is -0.654. The van der Waals surface area contributed by atoms with Crippen LogP contribution in [0.2, 0.25) is 0 Å². The third-order valence-electron chi connectivity index (χ3n) is 2.77. The normalized spacial score (nSPS) is 17.6. The van der Waals surface area contributed by atoms with Crippen LogP contribution in [-0.2, 0) is 0 Å². The second-order valence-electron chi connectivity index (χ2n) is 4.03. The Hall–Kier alpha value is -1.62. The number of para-hydroxylation sites is 2. The fraction of sp³-hybridized carbons (Fsp3) is 0.500. The zero-order valence-corrected chi connectivity index (χ0v) is 9.93. The van der Waals surface area contributed by atoms with E-state index in [-0.39, 0.29) is 0 Å². The van der Waals surface area contributed by atoms with Crippen molar-refractivity contribution in [2.75, 3.05) is 31.1 Å². The van der Waals surface area contributed by atoms with E-state index >= 15 is 0 Å². The molecule has 5 heteroatoms. The summed E-state index contributed by atoms with van der Waals surface area (Å²) in [7, 11) is 0. The Kier molecular flexibility index (Phi) is 3.93. The third kappa shape index (κ3) is 2.94. The summed E-state index contributed by atoms with van der Waals surface area (Å²) in [4.78, 5) is 12.7. The maximum atomic E-state index is 10.4. The summed E-state index contributed by atoms with van der Waals surface area (Å²) >= 11 is 0. The van der Waals surface area contributed by atoms with E-state index in [1.54, 1.807) is 6.92 Å². The van der Waals surface area contributed by atoms with E-state index in [9.17, 15) is 4.91 Å². The van der Waals surface area contributed by atoms with Crippen LogP contribution in [0.5, 0.6) is 5.75 Å². The first-order chi connectivity index (χ1) is 8.31. The number of hydrogen-bond acceptors (Lipinski definition) is 5. The fourth-order valence-corrected chi connectivity index (χ4v) is 1.93. The molecular formula is C12H17N3O2. The van der Waals surface area contributed by atoms with Gasteiger partial charge in [0.15, 0.2) is 0 Å². The van der Waals surface area contributed by atoms with E-state index in [1.165, 1.54) is 0 Å². The smallest absolute Gasteiger partial charge is 0.226 e. The van der Waals surface area contributed by atoms with Crippen LogP contribution >= 0.6 is 0 Å². The summed E-state index contributed by atoms with van der Waals surface area (Å²) in [6.07, 6.45) is -0.654. The number of nitrogens with zero attached hydrogens (tertiary/aromatic N) is 2. The molecule has 0 spiro atoms. The van der Waals surface area contributed by atoms with Crippen LogP contribution in [-0.4, -0.2) is 32.4 Å². The fourth-order valence-electron chi connectivity index (χ4n) is 1.93. The van der Waals surface area contributed by atoms with Crippen molar-refractivity contribution in [1.82, 2.24) is 5.32 Å². The predicted octanol–water partition coefficient (Wildman–Crippen LogP) is 1.59. The van der Waals surface area contributed by atoms with Crippen LogP contribution in [0.4, 0.5) is 5.69 Å². The highest BCUT2D eigenvalue weighted by Gasteiger charge is 2.15. The Balaban J connectivity index is 2.17. The lowest BCUT2D eigenvalue weighted by molar-refractivity contribution is 0.230. The van der Waals surface area contributed by atoms with Gasteiger partial charge in [-0.15, -0.1) is 4.91 Å². The maximum Gasteiger partial charge on any atom is 0.226 e. The third-order valence-corrected chi connectivity index (χ3v) is 2.77. The number of rotatable bonds is 4. The Bertz CT molecular complexity index is 378. The molecule has 1 aliphatic rings. The molecule has 1 aliphatic heterocycles. The SMILES string of the molecule is CC(N=O)Oc1ccccc1N1CCNCC1. The molecule has 0 radical (unpaired) electrons. The van der Waals surface area contributed by atoms with Crippen LogP contribution in [0.25, 0.3) is 0 Å². The number of ether oxygens (including phenoxy) is 1. The van der Waals surface area contributed by atoms with Gasteiger partial charge in [-0.05, 0) is 24.2 Å². The van der Waals surface area contributed by atoms with E-state index < -0.39 is 6.23 Å². The summed E-state index contributed by atoms with van der Waals surface area (Å²) in [5.41, 5.74) is 1.03. The van der Waals surface area contributed by atoms with Crippen LogP contribution in [0.1, 0.15) is 6.92 Å². The molecule has 1 aromatic carbocycles. The van der Waals surface area contributed by atoms with Crippen LogP contribution < -0.4 is 15.0 Å². The maximum absolute atomic E-state index is 10.4. The summed E-state index contributed by atoms with van der Waals surface area (Å²) in [5.74, 6) is 0.724. The van der Waals surface area contributed by atoms with E-state index in [0.717, 1.165) is 37.6 Å². The summed E-state index contributed by atoms with van der Waals surface area (Å²) in [5, 5.41) is 6.17. The average molecular weight is 235 g/mol. The van der Waals surface area contributed by atoms with Crippen molar-refractivity contribution in [2.24, 2.45) is 5.18 Å². The van der Waals surface area contributed by atoms with Gasteiger partial charge in [0, 0.05) is 26.2 Å². The lowest BCUT2D eigenvalue weighted by Crippen LogP contribution is -2.43. The van der Waals surface area contributed by atoms with E-state index in [4.69, 9.17) is 4.74 Å². The second kappa shape index (κ2) is 5.63. The Morgan fingerprint density at radius 3 is 2.76 bits per heavy atom. The van der Waals surface area contributed by atoms with Crippen molar-refractivity contribution in [3.05, 3.63) is 29.2 Å². The summed E-state index contributed by atoms with van der Waals surface area (Å²) in [6, 6.07) is 7.76. The molecule has 0 aromatic heterocycles. The van der Waals surface area contributed by atoms with Gasteiger partial charge in [-0.3, -0.25) is 0 Å². The van der Waals surface area contributed by atoms with E-state index in [2.05, 4.69) is 15.4 Å². The molecule has 1 saturated heterocycles. The van der Waals surface area contributed by atoms with Crippen molar-refractivity contribution in [2.45, 2.75) is 13.2 Å². The van der Waals surface area contributed by atoms with Gasteiger partial charge in [0.05, 0.1) is 5.69 Å². The number of benzene rings is 1. The first-order valence-electron chi connectivity index (χ1n) is 5.85. The molecule has 0 amide bonds. The minimum Gasteiger partial charge on any atom is -0.463 e. The van der Waals surface area contributed by atoms with Crippen molar-refractivity contribution < 1.29 is 4.74 Å². The zero-order valence-electron chi connectivity index (χ0n) is 9.93. The standard InChI is InChI=1S/C12H17N3O2/c1-10(14-16)17-12-5-3-2-4-11(12)15-8-6-13-7-9-15/h2-5,10,13H,6-9H2,1H3. The van der Waals surface area contributed by atoms with Crippen molar-refractivity contribution in [3.8, 4) is 5.75 Å². The highest BCUT2D eigenvalue weighted by molar-refractivity contribution is 5.58. The van der Waals surface area contributed by atoms with Gasteiger partial charge >= 0.3 is 0 Å². The molecule has 1 fully saturated rings. The van der Waals surface area contributed by atoms with Gasteiger partial charge in [-0.1, -0.05) is 12.1 Å². The molecule has 1 heterocycles. The Morgan fingerprint density at radius 1 is 1.35 bits per heavy atom. The van der Waals surface area contributed by atoms with Crippen molar-refractivity contribution in [3.63, 3.8) is 0 Å². The molecule has 0 bridgehead atoms. The lowest BCUT2D eigenvalue weighted by atomic mass is 10.2. The van der Waals surface area contributed by atoms with Crippen LogP contribution in [0.3, 0.4) is 0 Å². The van der Waals surface area contributed by atoms with Gasteiger partial charge < -0.3 is 15.0 Å². The molecule has 17 heavy (non-hydrogen) atoms. The van der Waals surface area contributed by atoms with E-state index in [0.29, 0.717) is 0 Å². The van der Waals surface area contributed by atoms with Crippen LogP contribution in [0.15, 0.2) is 29.4 Å². The summed E-state index contributed by atoms with van der Waals surface area (Å²) < 4.78 is 5.51. The van der Waals surface area contributed by atoms with Gasteiger partial charge in [0.2, 0.25) is 6.23 Å². The monoisotopic (exact) mass is 235 g/mol. The number of nitrogens with one attached hydrogen (secondary N) is 1. The largest absolute Gasteiger partial charge is 0.463 e. The van der Waals surface area contributed by atoms with Crippen LogP contribution in [0, 0.1) is 4.91 Å². The number of piperazine rings is 1. The minimum absolute atomic E-state index is 0.654. The molecule has 5 nitrogen and oxygen atoms in total. The molecule has 0 saturated carbocycles. The molecule has 2 rings (SSSR count). The molecule has 1 unspecified atom stereocenters. The van der Waals surface area contributed by atoms with Gasteiger partial charge in [-0.2, -0.15) is 0 Å². The lowest BCUT2D eigenvalue weighted by Gasteiger charge is -2.30. The number of anilines is 1. The highest BCUT2D eigenvalue weighted by Crippen LogP contribution is 2.29. The molecular weight excluding hydrogens is 218 g/mol. The molecule has 0 aliphatic carbocycles. The van der Waals surface area contributed by atoms with Crippen molar-refractivity contribution in [1.29, 1.82) is 0 Å². The molecule has 92 valence electrons. The average Bonchev–Trinajstić information content (AvgIpc) is 2.40. The topological polar surface area (TPSA) is 53.9 Å². The van der Waals surface area contributed by atoms with Gasteiger partial charge in [-0.25, -0.2) is 0 Å². The Labute approximate surface area is 101 Å². The molecule has 1 atom stereocenters.